The summed E-state index contributed by atoms with van der Waals surface area (Å²) >= 11 is 0. The van der Waals surface area contributed by atoms with Gasteiger partial charge in [0.1, 0.15) is 5.78 Å². The lowest BCUT2D eigenvalue weighted by Gasteiger charge is -2.40. The minimum Gasteiger partial charge on any atom is -0.300 e. The van der Waals surface area contributed by atoms with E-state index in [9.17, 15) is 4.79 Å². The van der Waals surface area contributed by atoms with E-state index in [1.165, 1.54) is 32.1 Å². The normalized spacial score (nSPS) is 40.2. The number of hydrogen-bond donors (Lipinski definition) is 0. The highest BCUT2D eigenvalue weighted by atomic mass is 16.1. The third kappa shape index (κ3) is 1.10. The molecule has 0 aromatic carbocycles. The molecular formula is C12H19NO. The highest BCUT2D eigenvalue weighted by molar-refractivity contribution is 5.81. The van der Waals surface area contributed by atoms with E-state index in [0.717, 1.165) is 12.8 Å². The van der Waals surface area contributed by atoms with Gasteiger partial charge in [0, 0.05) is 30.5 Å². The first kappa shape index (κ1) is 8.90. The summed E-state index contributed by atoms with van der Waals surface area (Å²) in [6.45, 7) is 2.31. The zero-order valence-corrected chi connectivity index (χ0v) is 8.96. The van der Waals surface area contributed by atoms with Crippen LogP contribution in [0.3, 0.4) is 0 Å². The lowest BCUT2D eigenvalue weighted by Crippen LogP contribution is -2.50. The third-order valence-electron chi connectivity index (χ3n) is 4.58. The van der Waals surface area contributed by atoms with Crippen molar-refractivity contribution in [2.45, 2.75) is 69.5 Å². The molecule has 0 aromatic heterocycles. The van der Waals surface area contributed by atoms with Gasteiger partial charge in [-0.2, -0.15) is 0 Å². The Hall–Kier alpha value is -0.370. The molecule has 2 heterocycles. The van der Waals surface area contributed by atoms with Gasteiger partial charge in [-0.3, -0.25) is 9.69 Å². The second kappa shape index (κ2) is 2.82. The summed E-state index contributed by atoms with van der Waals surface area (Å²) in [6, 6.07) is 1.23. The van der Waals surface area contributed by atoms with Crippen LogP contribution in [0.2, 0.25) is 0 Å². The fraction of sp³-hybridized carbons (Fsp3) is 0.917. The van der Waals surface area contributed by atoms with Crippen LogP contribution in [-0.2, 0) is 4.79 Å². The van der Waals surface area contributed by atoms with E-state index in [4.69, 9.17) is 0 Å². The monoisotopic (exact) mass is 193 g/mol. The van der Waals surface area contributed by atoms with Crippen molar-refractivity contribution in [3.63, 3.8) is 0 Å². The maximum absolute atomic E-state index is 11.5. The third-order valence-corrected chi connectivity index (χ3v) is 4.58. The lowest BCUT2D eigenvalue weighted by atomic mass is 9.97. The van der Waals surface area contributed by atoms with Crippen LogP contribution < -0.4 is 0 Å². The summed E-state index contributed by atoms with van der Waals surface area (Å²) in [5.41, 5.74) is 0.534. The van der Waals surface area contributed by atoms with Crippen molar-refractivity contribution in [2.24, 2.45) is 0 Å². The van der Waals surface area contributed by atoms with Gasteiger partial charge in [0.2, 0.25) is 0 Å². The molecule has 0 aromatic rings. The molecule has 2 atom stereocenters. The number of nitrogens with zero attached hydrogens (tertiary/aromatic N) is 1. The first-order valence-electron chi connectivity index (χ1n) is 6.05. The van der Waals surface area contributed by atoms with Crippen molar-refractivity contribution >= 4 is 5.78 Å². The van der Waals surface area contributed by atoms with Gasteiger partial charge in [-0.25, -0.2) is 0 Å². The maximum Gasteiger partial charge on any atom is 0.136 e. The summed E-state index contributed by atoms with van der Waals surface area (Å²) in [5, 5.41) is 0. The number of Topliss-reactive ketones (excluding diaryl/α,β-unsaturated/α-hetero) is 1. The predicted molar refractivity (Wildman–Crippen MR) is 55.1 cm³/mol. The van der Waals surface area contributed by atoms with Crippen LogP contribution >= 0.6 is 0 Å². The Labute approximate surface area is 85.7 Å². The molecule has 2 nitrogen and oxygen atoms in total. The first-order chi connectivity index (χ1) is 6.75. The number of hydrogen-bond acceptors (Lipinski definition) is 2. The molecule has 0 spiro atoms. The van der Waals surface area contributed by atoms with Crippen LogP contribution in [0.4, 0.5) is 0 Å². The quantitative estimate of drug-likeness (QED) is 0.669. The molecule has 2 unspecified atom stereocenters. The van der Waals surface area contributed by atoms with Crippen molar-refractivity contribution < 1.29 is 4.79 Å². The zero-order chi connectivity index (χ0) is 9.76. The fourth-order valence-corrected chi connectivity index (χ4v) is 3.68. The summed E-state index contributed by atoms with van der Waals surface area (Å²) < 4.78 is 0. The molecule has 3 aliphatic rings. The molecule has 2 saturated heterocycles. The van der Waals surface area contributed by atoms with E-state index >= 15 is 0 Å². The van der Waals surface area contributed by atoms with Crippen LogP contribution in [0.25, 0.3) is 0 Å². The van der Waals surface area contributed by atoms with E-state index in [1.807, 2.05) is 0 Å². The smallest absolute Gasteiger partial charge is 0.136 e. The van der Waals surface area contributed by atoms with Crippen molar-refractivity contribution in [1.82, 2.24) is 4.90 Å². The predicted octanol–water partition coefficient (Wildman–Crippen LogP) is 2.12. The van der Waals surface area contributed by atoms with Gasteiger partial charge in [-0.15, -0.1) is 0 Å². The molecule has 0 radical (unpaired) electrons. The second-order valence-corrected chi connectivity index (χ2v) is 5.32. The molecule has 0 amide bonds. The van der Waals surface area contributed by atoms with Gasteiger partial charge in [-0.05, 0) is 32.1 Å². The summed E-state index contributed by atoms with van der Waals surface area (Å²) in [4.78, 5) is 14.2. The van der Waals surface area contributed by atoms with Crippen molar-refractivity contribution in [2.75, 3.05) is 0 Å². The molecule has 3 rings (SSSR count). The van der Waals surface area contributed by atoms with E-state index < -0.39 is 0 Å². The van der Waals surface area contributed by atoms with E-state index in [-0.39, 0.29) is 0 Å². The highest BCUT2D eigenvalue weighted by Gasteiger charge is 2.55. The molecule has 0 N–H and O–H groups in total. The molecule has 78 valence electrons. The van der Waals surface area contributed by atoms with Crippen LogP contribution in [0, 0.1) is 0 Å². The minimum atomic E-state index is 0.514. The molecule has 3 fully saturated rings. The number of piperidine rings is 1. The van der Waals surface area contributed by atoms with E-state index in [1.54, 1.807) is 0 Å². The topological polar surface area (TPSA) is 20.3 Å². The molecular weight excluding hydrogens is 174 g/mol. The number of carbonyl (C=O) groups is 1. The van der Waals surface area contributed by atoms with Crippen LogP contribution in [0.15, 0.2) is 0 Å². The fourth-order valence-electron chi connectivity index (χ4n) is 3.68. The summed E-state index contributed by atoms with van der Waals surface area (Å²) in [7, 11) is 0. The maximum atomic E-state index is 11.5. The van der Waals surface area contributed by atoms with Gasteiger partial charge in [-0.1, -0.05) is 6.92 Å². The molecule has 14 heavy (non-hydrogen) atoms. The first-order valence-corrected chi connectivity index (χ1v) is 6.05. The Balaban J connectivity index is 1.85. The minimum absolute atomic E-state index is 0.514. The van der Waals surface area contributed by atoms with Gasteiger partial charge in [0.15, 0.2) is 0 Å². The van der Waals surface area contributed by atoms with Crippen molar-refractivity contribution in [3.8, 4) is 0 Å². The van der Waals surface area contributed by atoms with Gasteiger partial charge in [0.05, 0.1) is 0 Å². The summed E-state index contributed by atoms with van der Waals surface area (Å²) in [5.74, 6) is 0.514. The lowest BCUT2D eigenvalue weighted by molar-refractivity contribution is -0.124. The van der Waals surface area contributed by atoms with Crippen LogP contribution in [0.1, 0.15) is 51.9 Å². The highest BCUT2D eigenvalue weighted by Crippen LogP contribution is 2.52. The molecule has 2 heteroatoms. The molecule has 1 saturated carbocycles. The second-order valence-electron chi connectivity index (χ2n) is 5.32. The zero-order valence-electron chi connectivity index (χ0n) is 8.96. The Kier molecular flexibility index (Phi) is 1.79. The largest absolute Gasteiger partial charge is 0.300 e. The Morgan fingerprint density at radius 1 is 1.29 bits per heavy atom. The average Bonchev–Trinajstić information content (AvgIpc) is 2.90. The Morgan fingerprint density at radius 3 is 2.29 bits per heavy atom. The SMILES string of the molecule is CCC1(N2C3CCC2CC(=O)C3)CC1. The molecule has 2 aliphatic heterocycles. The number of ketones is 1. The average molecular weight is 193 g/mol. The standard InChI is InChI=1S/C12H19NO/c1-2-12(5-6-12)13-9-3-4-10(13)8-11(14)7-9/h9-10H,2-8H2,1H3. The molecule has 2 bridgehead atoms. The Bertz CT molecular complexity index is 253. The van der Waals surface area contributed by atoms with Crippen LogP contribution in [0.5, 0.6) is 0 Å². The number of rotatable bonds is 2. The number of carbonyl (C=O) groups excluding carboxylic acids is 1. The van der Waals surface area contributed by atoms with Crippen LogP contribution in [-0.4, -0.2) is 28.3 Å². The van der Waals surface area contributed by atoms with Gasteiger partial charge >= 0.3 is 0 Å². The van der Waals surface area contributed by atoms with E-state index in [2.05, 4.69) is 11.8 Å². The van der Waals surface area contributed by atoms with E-state index in [0.29, 0.717) is 23.4 Å². The van der Waals surface area contributed by atoms with Crippen molar-refractivity contribution in [3.05, 3.63) is 0 Å². The van der Waals surface area contributed by atoms with Gasteiger partial charge < -0.3 is 0 Å². The molecule has 1 aliphatic carbocycles. The van der Waals surface area contributed by atoms with Crippen molar-refractivity contribution in [1.29, 1.82) is 0 Å². The van der Waals surface area contributed by atoms with Gasteiger partial charge in [0.25, 0.3) is 0 Å². The summed E-state index contributed by atoms with van der Waals surface area (Å²) in [6.07, 6.45) is 8.29. The number of fused-ring (bicyclic) bond motifs is 2. The Morgan fingerprint density at radius 2 is 1.86 bits per heavy atom.